The third kappa shape index (κ3) is 4.66. The number of rotatable bonds is 5. The Kier molecular flexibility index (Phi) is 6.88. The van der Waals surface area contributed by atoms with Crippen molar-refractivity contribution >= 4 is 45.7 Å². The number of benzene rings is 4. The number of hydrazone groups is 1. The first-order chi connectivity index (χ1) is 19.4. The lowest BCUT2D eigenvalue weighted by atomic mass is 9.91. The van der Waals surface area contributed by atoms with Gasteiger partial charge in [-0.25, -0.2) is 5.01 Å². The van der Waals surface area contributed by atoms with Crippen LogP contribution in [0.3, 0.4) is 0 Å². The van der Waals surface area contributed by atoms with Crippen LogP contribution in [0.15, 0.2) is 107 Å². The Hall–Kier alpha value is -4.39. The number of hydrogen-bond acceptors (Lipinski definition) is 4. The number of nitrogens with zero attached hydrogens (tertiary/aromatic N) is 2. The van der Waals surface area contributed by atoms with Gasteiger partial charge in [0.1, 0.15) is 5.75 Å². The van der Waals surface area contributed by atoms with Gasteiger partial charge in [-0.05, 0) is 53.6 Å². The fourth-order valence-corrected chi connectivity index (χ4v) is 5.53. The molecule has 198 valence electrons. The maximum absolute atomic E-state index is 13.9. The van der Waals surface area contributed by atoms with E-state index in [0.717, 1.165) is 16.5 Å². The van der Waals surface area contributed by atoms with Crippen molar-refractivity contribution in [2.45, 2.75) is 12.5 Å². The van der Waals surface area contributed by atoms with Gasteiger partial charge in [-0.1, -0.05) is 77.8 Å². The molecule has 0 saturated heterocycles. The highest BCUT2D eigenvalue weighted by molar-refractivity contribution is 6.34. The Morgan fingerprint density at radius 3 is 2.38 bits per heavy atom. The zero-order valence-electron chi connectivity index (χ0n) is 21.4. The topological polar surface area (TPSA) is 74.8 Å². The molecule has 1 amide bonds. The normalized spacial score (nSPS) is 14.8. The van der Waals surface area contributed by atoms with Gasteiger partial charge in [0.05, 0.1) is 35.0 Å². The monoisotopic (exact) mass is 567 g/mol. The van der Waals surface area contributed by atoms with Gasteiger partial charge < -0.3 is 9.72 Å². The van der Waals surface area contributed by atoms with Crippen LogP contribution in [0, 0.1) is 0 Å². The van der Waals surface area contributed by atoms with Crippen molar-refractivity contribution in [1.82, 2.24) is 9.99 Å². The third-order valence-electron chi connectivity index (χ3n) is 7.05. The number of H-pyrrole nitrogens is 1. The molecule has 40 heavy (non-hydrogen) atoms. The number of hydrogen-bond donors (Lipinski definition) is 1. The van der Waals surface area contributed by atoms with Gasteiger partial charge in [-0.3, -0.25) is 9.59 Å². The quantitative estimate of drug-likeness (QED) is 0.239. The molecule has 1 aromatic heterocycles. The molecule has 5 aromatic rings. The maximum atomic E-state index is 13.9. The van der Waals surface area contributed by atoms with Crippen molar-refractivity contribution in [1.29, 1.82) is 0 Å². The molecular formula is C32H23Cl2N3O3. The van der Waals surface area contributed by atoms with Crippen LogP contribution in [0.4, 0.5) is 0 Å². The van der Waals surface area contributed by atoms with E-state index in [9.17, 15) is 9.59 Å². The van der Waals surface area contributed by atoms with E-state index < -0.39 is 6.04 Å². The van der Waals surface area contributed by atoms with Crippen molar-refractivity contribution in [3.05, 3.63) is 134 Å². The summed E-state index contributed by atoms with van der Waals surface area (Å²) in [5.74, 6) is 0.337. The largest absolute Gasteiger partial charge is 0.497 e. The molecule has 6 nitrogen and oxygen atoms in total. The van der Waals surface area contributed by atoms with Crippen LogP contribution in [-0.2, 0) is 0 Å². The number of carbonyl (C=O) groups excluding carboxylic acids is 1. The maximum Gasteiger partial charge on any atom is 0.276 e. The molecule has 1 unspecified atom stereocenters. The Balaban J connectivity index is 1.57. The van der Waals surface area contributed by atoms with Crippen LogP contribution >= 0.6 is 23.2 Å². The van der Waals surface area contributed by atoms with E-state index in [2.05, 4.69) is 4.98 Å². The second kappa shape index (κ2) is 10.6. The number of halogens is 2. The molecule has 0 radical (unpaired) electrons. The third-order valence-corrected chi connectivity index (χ3v) is 7.62. The number of fused-ring (bicyclic) bond motifs is 1. The highest BCUT2D eigenvalue weighted by atomic mass is 35.5. The van der Waals surface area contributed by atoms with Crippen LogP contribution < -0.4 is 10.3 Å². The van der Waals surface area contributed by atoms with E-state index >= 15 is 0 Å². The summed E-state index contributed by atoms with van der Waals surface area (Å²) >= 11 is 12.8. The molecule has 1 N–H and O–H groups in total. The van der Waals surface area contributed by atoms with Gasteiger partial charge in [0.2, 0.25) is 0 Å². The smallest absolute Gasteiger partial charge is 0.276 e. The van der Waals surface area contributed by atoms with E-state index in [1.165, 1.54) is 5.01 Å². The summed E-state index contributed by atoms with van der Waals surface area (Å²) in [5, 5.41) is 7.89. The second-order valence-corrected chi connectivity index (χ2v) is 10.3. The van der Waals surface area contributed by atoms with Crippen LogP contribution in [0.2, 0.25) is 10.0 Å². The van der Waals surface area contributed by atoms with Crippen LogP contribution in [0.1, 0.15) is 33.9 Å². The molecule has 0 saturated carbocycles. The minimum Gasteiger partial charge on any atom is -0.497 e. The average Bonchev–Trinajstić information content (AvgIpc) is 3.42. The molecule has 2 heterocycles. The van der Waals surface area contributed by atoms with Crippen molar-refractivity contribution in [3.63, 3.8) is 0 Å². The Bertz CT molecular complexity index is 1830. The molecule has 0 bridgehead atoms. The standard InChI is InChI=1S/C32H23Cl2N3O3/c1-40-22-14-11-19(12-15-22)28-18-27(36-37(28)32(39)23-9-5-6-10-25(23)34)30-29(20-7-3-2-4-8-20)24-17-21(33)13-16-26(24)35-31(30)38/h2-17,28H,18H2,1H3,(H,35,38). The predicted octanol–water partition coefficient (Wildman–Crippen LogP) is 7.50. The van der Waals surface area contributed by atoms with Crippen molar-refractivity contribution in [2.24, 2.45) is 5.10 Å². The zero-order valence-corrected chi connectivity index (χ0v) is 22.9. The number of nitrogens with one attached hydrogen (secondary N) is 1. The fourth-order valence-electron chi connectivity index (χ4n) is 5.14. The van der Waals surface area contributed by atoms with Crippen molar-refractivity contribution in [3.8, 4) is 16.9 Å². The highest BCUT2D eigenvalue weighted by Gasteiger charge is 2.36. The lowest BCUT2D eigenvalue weighted by Gasteiger charge is -2.22. The Labute approximate surface area is 240 Å². The number of aromatic amines is 1. The van der Waals surface area contributed by atoms with Crippen molar-refractivity contribution < 1.29 is 9.53 Å². The summed E-state index contributed by atoms with van der Waals surface area (Å²) in [6.45, 7) is 0. The molecule has 8 heteroatoms. The van der Waals surface area contributed by atoms with E-state index in [1.807, 2.05) is 60.7 Å². The van der Waals surface area contributed by atoms with Gasteiger partial charge in [-0.15, -0.1) is 0 Å². The summed E-state index contributed by atoms with van der Waals surface area (Å²) in [6, 6.07) is 28.9. The molecule has 0 spiro atoms. The molecule has 1 aliphatic heterocycles. The molecule has 1 atom stereocenters. The molecular weight excluding hydrogens is 545 g/mol. The molecule has 0 fully saturated rings. The van der Waals surface area contributed by atoms with Crippen molar-refractivity contribution in [2.75, 3.05) is 7.11 Å². The molecule has 6 rings (SSSR count). The van der Waals surface area contributed by atoms with Gasteiger partial charge in [0.25, 0.3) is 11.5 Å². The van der Waals surface area contributed by atoms with Gasteiger partial charge >= 0.3 is 0 Å². The van der Waals surface area contributed by atoms with Gasteiger partial charge in [0.15, 0.2) is 0 Å². The fraction of sp³-hybridized carbons (Fsp3) is 0.0938. The number of carbonyl (C=O) groups is 1. The van der Waals surface area contributed by atoms with Crippen LogP contribution in [-0.4, -0.2) is 28.7 Å². The lowest BCUT2D eigenvalue weighted by Crippen LogP contribution is -2.27. The van der Waals surface area contributed by atoms with Crippen LogP contribution in [0.25, 0.3) is 22.0 Å². The minimum atomic E-state index is -0.470. The number of pyridine rings is 1. The minimum absolute atomic E-state index is 0.298. The summed E-state index contributed by atoms with van der Waals surface area (Å²) in [4.78, 5) is 30.6. The predicted molar refractivity (Wildman–Crippen MR) is 160 cm³/mol. The average molecular weight is 568 g/mol. The Morgan fingerprint density at radius 2 is 1.65 bits per heavy atom. The summed E-state index contributed by atoms with van der Waals surface area (Å²) < 4.78 is 5.33. The number of ether oxygens (including phenoxy) is 1. The first-order valence-electron chi connectivity index (χ1n) is 12.7. The van der Waals surface area contributed by atoms with Gasteiger partial charge in [0, 0.05) is 27.9 Å². The number of amides is 1. The number of methoxy groups -OCH3 is 1. The SMILES string of the molecule is COc1ccc(C2CC(c3c(-c4ccccc4)c4cc(Cl)ccc4[nH]c3=O)=NN2C(=O)c2ccccc2Cl)cc1. The van der Waals surface area contributed by atoms with E-state index in [4.69, 9.17) is 33.0 Å². The first-order valence-corrected chi connectivity index (χ1v) is 13.4. The zero-order chi connectivity index (χ0) is 27.8. The second-order valence-electron chi connectivity index (χ2n) is 9.43. The van der Waals surface area contributed by atoms with E-state index in [-0.39, 0.29) is 11.5 Å². The number of aromatic nitrogens is 1. The molecule has 4 aromatic carbocycles. The molecule has 0 aliphatic carbocycles. The van der Waals surface area contributed by atoms with Gasteiger partial charge in [-0.2, -0.15) is 5.10 Å². The first kappa shape index (κ1) is 25.9. The lowest BCUT2D eigenvalue weighted by molar-refractivity contribution is 0.0711. The highest BCUT2D eigenvalue weighted by Crippen LogP contribution is 2.39. The summed E-state index contributed by atoms with van der Waals surface area (Å²) in [6.07, 6.45) is 0.317. The Morgan fingerprint density at radius 1 is 0.925 bits per heavy atom. The molecule has 1 aliphatic rings. The van der Waals surface area contributed by atoms with E-state index in [1.54, 1.807) is 43.5 Å². The van der Waals surface area contributed by atoms with E-state index in [0.29, 0.717) is 50.1 Å². The van der Waals surface area contributed by atoms with Crippen LogP contribution in [0.5, 0.6) is 5.75 Å². The summed E-state index contributed by atoms with van der Waals surface area (Å²) in [5.41, 5.74) is 3.98. The summed E-state index contributed by atoms with van der Waals surface area (Å²) in [7, 11) is 1.60.